The van der Waals surface area contributed by atoms with Crippen molar-refractivity contribution in [3.05, 3.63) is 11.3 Å². The fourth-order valence-electron chi connectivity index (χ4n) is 1.31. The molecule has 0 fully saturated rings. The van der Waals surface area contributed by atoms with Crippen molar-refractivity contribution < 1.29 is 4.79 Å². The Balaban J connectivity index is 2.75. The van der Waals surface area contributed by atoms with E-state index in [1.807, 2.05) is 13.8 Å². The van der Waals surface area contributed by atoms with Crippen LogP contribution in [-0.4, -0.2) is 23.3 Å². The topological polar surface area (TPSA) is 52.9 Å². The van der Waals surface area contributed by atoms with E-state index in [4.69, 9.17) is 5.26 Å². The summed E-state index contributed by atoms with van der Waals surface area (Å²) in [7, 11) is 0. The summed E-state index contributed by atoms with van der Waals surface area (Å²) in [5.41, 5.74) is 1.60. The smallest absolute Gasteiger partial charge is 0.155 e. The molecule has 1 heterocycles. The highest BCUT2D eigenvalue weighted by Crippen LogP contribution is 2.17. The van der Waals surface area contributed by atoms with Gasteiger partial charge in [0.1, 0.15) is 0 Å². The van der Waals surface area contributed by atoms with Crippen molar-refractivity contribution in [2.24, 2.45) is 0 Å². The minimum absolute atomic E-state index is 0.115. The lowest BCUT2D eigenvalue weighted by atomic mass is 10.1. The minimum Gasteiger partial charge on any atom is -0.377 e. The Bertz CT molecular complexity index is 304. The first kappa shape index (κ1) is 11.1. The van der Waals surface area contributed by atoms with Gasteiger partial charge in [-0.25, -0.2) is 0 Å². The van der Waals surface area contributed by atoms with Crippen molar-refractivity contribution in [1.82, 2.24) is 5.32 Å². The fraction of sp³-hybridized carbons (Fsp3) is 0.600. The van der Waals surface area contributed by atoms with Crippen LogP contribution in [-0.2, 0) is 4.79 Å². The van der Waals surface area contributed by atoms with Crippen molar-refractivity contribution in [2.75, 3.05) is 11.5 Å². The molecule has 0 unspecified atom stereocenters. The molecule has 4 heteroatoms. The molecule has 1 atom stereocenters. The summed E-state index contributed by atoms with van der Waals surface area (Å²) >= 11 is 1.64. The first-order chi connectivity index (χ1) is 6.69. The third-order valence-corrected chi connectivity index (χ3v) is 3.31. The highest BCUT2D eigenvalue weighted by atomic mass is 32.2. The summed E-state index contributed by atoms with van der Waals surface area (Å²) in [6.07, 6.45) is 0.549. The van der Waals surface area contributed by atoms with E-state index in [0.29, 0.717) is 12.2 Å². The SMILES string of the molecule is CCC(=O)[C@@H]1CSCC(C#N)=C(C)N1. The highest BCUT2D eigenvalue weighted by Gasteiger charge is 2.20. The molecule has 1 N–H and O–H groups in total. The number of carbonyl (C=O) groups is 1. The summed E-state index contributed by atoms with van der Waals surface area (Å²) in [6.45, 7) is 3.73. The van der Waals surface area contributed by atoms with Crippen molar-refractivity contribution in [1.29, 1.82) is 5.26 Å². The molecule has 0 aromatic heterocycles. The highest BCUT2D eigenvalue weighted by molar-refractivity contribution is 7.99. The van der Waals surface area contributed by atoms with Gasteiger partial charge in [0.15, 0.2) is 5.78 Å². The number of carbonyl (C=O) groups excluding carboxylic acids is 1. The van der Waals surface area contributed by atoms with Gasteiger partial charge >= 0.3 is 0 Å². The van der Waals surface area contributed by atoms with Crippen LogP contribution in [0.5, 0.6) is 0 Å². The third-order valence-electron chi connectivity index (χ3n) is 2.25. The largest absolute Gasteiger partial charge is 0.377 e. The predicted molar refractivity (Wildman–Crippen MR) is 57.9 cm³/mol. The lowest BCUT2D eigenvalue weighted by molar-refractivity contribution is -0.120. The quantitative estimate of drug-likeness (QED) is 0.750. The van der Waals surface area contributed by atoms with Crippen LogP contribution in [0, 0.1) is 11.3 Å². The molecule has 1 aliphatic rings. The standard InChI is InChI=1S/C10H14N2OS/c1-3-10(13)9-6-14-5-8(4-11)7(2)12-9/h9,12H,3,5-6H2,1-2H3/t9-/m0/s1. The fourth-order valence-corrected chi connectivity index (χ4v) is 2.42. The van der Waals surface area contributed by atoms with Gasteiger partial charge in [0.25, 0.3) is 0 Å². The lowest BCUT2D eigenvalue weighted by Gasteiger charge is -2.15. The molecule has 0 amide bonds. The molecule has 0 saturated carbocycles. The first-order valence-corrected chi connectivity index (χ1v) is 5.81. The maximum Gasteiger partial charge on any atom is 0.155 e. The molecule has 0 aromatic rings. The van der Waals surface area contributed by atoms with Gasteiger partial charge in [-0.2, -0.15) is 17.0 Å². The number of ketones is 1. The second-order valence-corrected chi connectivity index (χ2v) is 4.28. The molecular weight excluding hydrogens is 196 g/mol. The zero-order chi connectivity index (χ0) is 10.6. The minimum atomic E-state index is -0.115. The number of nitrogens with one attached hydrogen (secondary N) is 1. The molecule has 3 nitrogen and oxygen atoms in total. The number of thioether (sulfide) groups is 1. The molecular formula is C10H14N2OS. The first-order valence-electron chi connectivity index (χ1n) is 4.65. The zero-order valence-corrected chi connectivity index (χ0v) is 9.28. The van der Waals surface area contributed by atoms with E-state index < -0.39 is 0 Å². The summed E-state index contributed by atoms with van der Waals surface area (Å²) in [4.78, 5) is 11.5. The molecule has 0 spiro atoms. The number of nitrogens with zero attached hydrogens (tertiary/aromatic N) is 1. The van der Waals surface area contributed by atoms with Gasteiger partial charge in [0.2, 0.25) is 0 Å². The normalized spacial score (nSPS) is 22.2. The van der Waals surface area contributed by atoms with E-state index in [1.54, 1.807) is 11.8 Å². The molecule has 0 bridgehead atoms. The van der Waals surface area contributed by atoms with Crippen molar-refractivity contribution in [3.8, 4) is 6.07 Å². The Labute approximate surface area is 88.6 Å². The average molecular weight is 210 g/mol. The van der Waals surface area contributed by atoms with E-state index in [2.05, 4.69) is 11.4 Å². The maximum absolute atomic E-state index is 11.5. The zero-order valence-electron chi connectivity index (χ0n) is 8.46. The van der Waals surface area contributed by atoms with Crippen LogP contribution in [0.25, 0.3) is 0 Å². The number of nitriles is 1. The van der Waals surface area contributed by atoms with Crippen molar-refractivity contribution in [2.45, 2.75) is 26.3 Å². The summed E-state index contributed by atoms with van der Waals surface area (Å²) in [5.74, 6) is 1.69. The van der Waals surface area contributed by atoms with E-state index in [0.717, 1.165) is 17.0 Å². The summed E-state index contributed by atoms with van der Waals surface area (Å²) in [6, 6.07) is 2.04. The maximum atomic E-state index is 11.5. The predicted octanol–water partition coefficient (Wildman–Crippen LogP) is 1.47. The van der Waals surface area contributed by atoms with Crippen LogP contribution < -0.4 is 5.32 Å². The molecule has 76 valence electrons. The molecule has 0 aromatic carbocycles. The van der Waals surface area contributed by atoms with E-state index in [-0.39, 0.29) is 11.8 Å². The van der Waals surface area contributed by atoms with Crippen LogP contribution >= 0.6 is 11.8 Å². The second kappa shape index (κ2) is 5.06. The van der Waals surface area contributed by atoms with E-state index in [9.17, 15) is 4.79 Å². The number of Topliss-reactive ketones (excluding diaryl/α,β-unsaturated/α-hetero) is 1. The van der Waals surface area contributed by atoms with Crippen LogP contribution in [0.3, 0.4) is 0 Å². The van der Waals surface area contributed by atoms with Gasteiger partial charge in [0, 0.05) is 23.6 Å². The Kier molecular flexibility index (Phi) is 4.02. The molecule has 0 radical (unpaired) electrons. The molecule has 14 heavy (non-hydrogen) atoms. The Hall–Kier alpha value is -0.950. The lowest BCUT2D eigenvalue weighted by Crippen LogP contribution is -2.36. The van der Waals surface area contributed by atoms with Gasteiger partial charge in [-0.15, -0.1) is 0 Å². The number of rotatable bonds is 2. The van der Waals surface area contributed by atoms with Gasteiger partial charge in [0.05, 0.1) is 17.7 Å². The molecule has 0 saturated heterocycles. The van der Waals surface area contributed by atoms with Crippen molar-refractivity contribution >= 4 is 17.5 Å². The monoisotopic (exact) mass is 210 g/mol. The van der Waals surface area contributed by atoms with E-state index in [1.165, 1.54) is 0 Å². The Morgan fingerprint density at radius 1 is 1.79 bits per heavy atom. The van der Waals surface area contributed by atoms with Gasteiger partial charge < -0.3 is 5.32 Å². The van der Waals surface area contributed by atoms with Crippen LogP contribution in [0.15, 0.2) is 11.3 Å². The summed E-state index contributed by atoms with van der Waals surface area (Å²) in [5, 5.41) is 11.9. The van der Waals surface area contributed by atoms with Crippen LogP contribution in [0.4, 0.5) is 0 Å². The number of hydrogen-bond donors (Lipinski definition) is 1. The number of allylic oxidation sites excluding steroid dienone is 1. The Morgan fingerprint density at radius 3 is 3.07 bits per heavy atom. The van der Waals surface area contributed by atoms with Gasteiger partial charge in [-0.05, 0) is 6.92 Å². The third kappa shape index (κ3) is 2.52. The van der Waals surface area contributed by atoms with Crippen LogP contribution in [0.2, 0.25) is 0 Å². The van der Waals surface area contributed by atoms with E-state index >= 15 is 0 Å². The van der Waals surface area contributed by atoms with Crippen molar-refractivity contribution in [3.63, 3.8) is 0 Å². The number of hydrogen-bond acceptors (Lipinski definition) is 4. The summed E-state index contributed by atoms with van der Waals surface area (Å²) < 4.78 is 0. The van der Waals surface area contributed by atoms with Gasteiger partial charge in [-0.1, -0.05) is 6.92 Å². The van der Waals surface area contributed by atoms with Crippen LogP contribution in [0.1, 0.15) is 20.3 Å². The second-order valence-electron chi connectivity index (χ2n) is 3.25. The Morgan fingerprint density at radius 2 is 2.50 bits per heavy atom. The molecule has 1 aliphatic heterocycles. The molecule has 1 rings (SSSR count). The average Bonchev–Trinajstić information content (AvgIpc) is 2.38. The van der Waals surface area contributed by atoms with Gasteiger partial charge in [-0.3, -0.25) is 4.79 Å². The molecule has 0 aliphatic carbocycles.